The normalized spacial score (nSPS) is 51.8. The van der Waals surface area contributed by atoms with Crippen LogP contribution in [0, 0.1) is 51.8 Å². The minimum absolute atomic E-state index is 0.0203. The van der Waals surface area contributed by atoms with Gasteiger partial charge in [-0.15, -0.1) is 0 Å². The number of rotatable bonds is 2. The largest absolute Gasteiger partial charge is 0.512 e. The Bertz CT molecular complexity index is 1300. The molecule has 0 saturated heterocycles. The molecular weight excluding hydrogens is 551 g/mol. The van der Waals surface area contributed by atoms with E-state index < -0.39 is 17.8 Å². The number of fused-ring (bicyclic) bond motifs is 6. The van der Waals surface area contributed by atoms with Gasteiger partial charge >= 0.3 is 0 Å². The summed E-state index contributed by atoms with van der Waals surface area (Å²) in [6, 6.07) is 8.93. The molecule has 13 unspecified atom stereocenters. The zero-order chi connectivity index (χ0) is 28.4. The van der Waals surface area contributed by atoms with Crippen LogP contribution in [0.15, 0.2) is 48.3 Å². The van der Waals surface area contributed by atoms with Crippen molar-refractivity contribution in [2.45, 2.75) is 76.2 Å². The van der Waals surface area contributed by atoms with Crippen LogP contribution in [-0.2, 0) is 11.2 Å². The minimum atomic E-state index is -1.05. The molecule has 4 fully saturated rings. The number of ether oxygens (including phenoxy) is 1. The Kier molecular flexibility index (Phi) is 6.15. The molecule has 8 rings (SSSR count). The first kappa shape index (κ1) is 27.4. The van der Waals surface area contributed by atoms with Gasteiger partial charge in [-0.2, -0.15) is 0 Å². The van der Waals surface area contributed by atoms with E-state index in [-0.39, 0.29) is 34.1 Å². The summed E-state index contributed by atoms with van der Waals surface area (Å²) >= 11 is 0. The summed E-state index contributed by atoms with van der Waals surface area (Å²) in [5.74, 6) is 4.49. The fourth-order valence-corrected chi connectivity index (χ4v) is 15.3. The van der Waals surface area contributed by atoms with E-state index in [0.717, 1.165) is 36.5 Å². The van der Waals surface area contributed by atoms with Gasteiger partial charge in [-0.1, -0.05) is 52.8 Å². The standard InChI is InChI=1S/C34H45NO4S2/c1-19(36)27-18-41-40-17-21-16-32-11-9-22-14-26-30-28(37)15-29(39-3)34(30,38)33(22,31(26,32)2)10-5-8-25(32)24(21)13-20-6-4-7-23(12-20)35-27/h4-8,12,15,19,21-22,24-27,29-30,35-38H,9-11,13-14,16-18H2,1-3H3. The molecule has 7 heteroatoms. The van der Waals surface area contributed by atoms with E-state index in [1.54, 1.807) is 7.11 Å². The van der Waals surface area contributed by atoms with E-state index in [9.17, 15) is 15.3 Å². The molecule has 1 heterocycles. The van der Waals surface area contributed by atoms with Crippen molar-refractivity contribution in [3.8, 4) is 0 Å². The number of aliphatic hydroxyl groups is 3. The highest BCUT2D eigenvalue weighted by atomic mass is 33.1. The van der Waals surface area contributed by atoms with Gasteiger partial charge < -0.3 is 25.4 Å². The summed E-state index contributed by atoms with van der Waals surface area (Å²) in [5, 5.41) is 38.4. The second kappa shape index (κ2) is 9.20. The van der Waals surface area contributed by atoms with Crippen LogP contribution in [0.1, 0.15) is 51.5 Å². The predicted molar refractivity (Wildman–Crippen MR) is 167 cm³/mol. The Morgan fingerprint density at radius 3 is 2.83 bits per heavy atom. The van der Waals surface area contributed by atoms with Crippen molar-refractivity contribution < 1.29 is 20.1 Å². The highest BCUT2D eigenvalue weighted by molar-refractivity contribution is 8.76. The lowest BCUT2D eigenvalue weighted by Crippen LogP contribution is -2.65. The van der Waals surface area contributed by atoms with E-state index in [2.05, 4.69) is 48.7 Å². The maximum Gasteiger partial charge on any atom is 0.111 e. The van der Waals surface area contributed by atoms with Gasteiger partial charge in [0.15, 0.2) is 0 Å². The van der Waals surface area contributed by atoms with E-state index in [4.69, 9.17) is 4.74 Å². The van der Waals surface area contributed by atoms with Crippen molar-refractivity contribution in [1.29, 1.82) is 0 Å². The molecule has 1 aromatic rings. The van der Waals surface area contributed by atoms with Crippen molar-refractivity contribution in [1.82, 2.24) is 0 Å². The van der Waals surface area contributed by atoms with Crippen molar-refractivity contribution in [3.05, 3.63) is 53.8 Å². The van der Waals surface area contributed by atoms with Crippen LogP contribution in [0.2, 0.25) is 0 Å². The van der Waals surface area contributed by atoms with E-state index >= 15 is 0 Å². The quantitative estimate of drug-likeness (QED) is 0.238. The third kappa shape index (κ3) is 3.18. The van der Waals surface area contributed by atoms with Crippen LogP contribution >= 0.6 is 21.6 Å². The van der Waals surface area contributed by atoms with Crippen LogP contribution in [0.3, 0.4) is 0 Å². The summed E-state index contributed by atoms with van der Waals surface area (Å²) < 4.78 is 5.99. The number of anilines is 1. The van der Waals surface area contributed by atoms with E-state index in [0.29, 0.717) is 29.4 Å². The second-order valence-corrected chi connectivity index (χ2v) is 17.3. The van der Waals surface area contributed by atoms with Crippen molar-refractivity contribution in [3.63, 3.8) is 0 Å². The minimum Gasteiger partial charge on any atom is -0.512 e. The van der Waals surface area contributed by atoms with E-state index in [1.165, 1.54) is 24.8 Å². The number of hydrogen-bond donors (Lipinski definition) is 4. The number of aliphatic hydroxyl groups excluding tert-OH is 2. The van der Waals surface area contributed by atoms with Gasteiger partial charge in [0.2, 0.25) is 0 Å². The third-order valence-corrected chi connectivity index (χ3v) is 16.4. The summed E-state index contributed by atoms with van der Waals surface area (Å²) in [6.45, 7) is 4.44. The molecule has 4 N–H and O–H groups in total. The molecular formula is C34H45NO4S2. The van der Waals surface area contributed by atoms with Gasteiger partial charge in [-0.25, -0.2) is 0 Å². The van der Waals surface area contributed by atoms with Crippen LogP contribution in [-0.4, -0.2) is 57.8 Å². The average molecular weight is 596 g/mol. The first-order valence-corrected chi connectivity index (χ1v) is 18.3. The fraction of sp³-hybridized carbons (Fsp3) is 0.706. The molecule has 41 heavy (non-hydrogen) atoms. The van der Waals surface area contributed by atoms with Gasteiger partial charge in [0.05, 0.1) is 23.8 Å². The number of methoxy groups -OCH3 is 1. The highest BCUT2D eigenvalue weighted by Crippen LogP contribution is 2.89. The third-order valence-electron chi connectivity index (χ3n) is 13.9. The molecule has 13 atom stereocenters. The Labute approximate surface area is 252 Å². The Morgan fingerprint density at radius 2 is 2.02 bits per heavy atom. The zero-order valence-electron chi connectivity index (χ0n) is 24.5. The van der Waals surface area contributed by atoms with Crippen LogP contribution in [0.5, 0.6) is 0 Å². The summed E-state index contributed by atoms with van der Waals surface area (Å²) in [7, 11) is 5.59. The molecule has 7 aliphatic rings. The molecule has 222 valence electrons. The average Bonchev–Trinajstić information content (AvgIpc) is 3.49. The SMILES string of the molecule is COC1C=C(O)C2C3CC4CCC56CC7CSSCC(C(C)O)Nc8cccc(c8)CC7C5C=CCC4(C12O)C36C. The number of hydrogen-bond acceptors (Lipinski definition) is 7. The van der Waals surface area contributed by atoms with Gasteiger partial charge in [0.25, 0.3) is 0 Å². The molecule has 1 aromatic carbocycles. The Hall–Kier alpha value is -1.12. The number of allylic oxidation sites excluding steroid dienone is 2. The summed E-state index contributed by atoms with van der Waals surface area (Å²) in [5.41, 5.74) is 1.20. The highest BCUT2D eigenvalue weighted by Gasteiger charge is 2.89. The topological polar surface area (TPSA) is 82.0 Å². The van der Waals surface area contributed by atoms with Crippen LogP contribution < -0.4 is 5.32 Å². The molecule has 1 aliphatic heterocycles. The predicted octanol–water partition coefficient (Wildman–Crippen LogP) is 6.24. The summed E-state index contributed by atoms with van der Waals surface area (Å²) in [6.07, 6.45) is 12.7. The van der Waals surface area contributed by atoms with Gasteiger partial charge in [-0.05, 0) is 110 Å². The first-order chi connectivity index (χ1) is 19.7. The monoisotopic (exact) mass is 595 g/mol. The molecule has 1 spiro atoms. The maximum absolute atomic E-state index is 12.9. The molecule has 0 aromatic heterocycles. The lowest BCUT2D eigenvalue weighted by Gasteiger charge is -2.63. The lowest BCUT2D eigenvalue weighted by atomic mass is 9.41. The number of benzene rings is 1. The molecule has 6 aliphatic carbocycles. The zero-order valence-corrected chi connectivity index (χ0v) is 26.1. The van der Waals surface area contributed by atoms with Crippen LogP contribution in [0.4, 0.5) is 5.69 Å². The fourth-order valence-electron chi connectivity index (χ4n) is 12.5. The smallest absolute Gasteiger partial charge is 0.111 e. The number of nitrogens with one attached hydrogen (secondary N) is 1. The Balaban J connectivity index is 1.24. The lowest BCUT2D eigenvalue weighted by molar-refractivity contribution is -0.228. The van der Waals surface area contributed by atoms with E-state index in [1.807, 2.05) is 34.6 Å². The summed E-state index contributed by atoms with van der Waals surface area (Å²) in [4.78, 5) is 0. The van der Waals surface area contributed by atoms with Gasteiger partial charge in [-0.3, -0.25) is 0 Å². The van der Waals surface area contributed by atoms with Crippen molar-refractivity contribution in [2.75, 3.05) is 23.9 Å². The van der Waals surface area contributed by atoms with Gasteiger partial charge in [0.1, 0.15) is 11.7 Å². The first-order valence-electron chi connectivity index (χ1n) is 15.8. The molecule has 4 saturated carbocycles. The molecule has 0 radical (unpaired) electrons. The van der Waals surface area contributed by atoms with Gasteiger partial charge in [0, 0.05) is 29.7 Å². The maximum atomic E-state index is 12.9. The van der Waals surface area contributed by atoms with Crippen LogP contribution in [0.25, 0.3) is 0 Å². The molecule has 0 amide bonds. The Morgan fingerprint density at radius 1 is 1.20 bits per heavy atom. The van der Waals surface area contributed by atoms with Crippen molar-refractivity contribution in [2.24, 2.45) is 51.8 Å². The molecule has 7 bridgehead atoms. The molecule has 5 nitrogen and oxygen atoms in total. The second-order valence-electron chi connectivity index (χ2n) is 14.7. The van der Waals surface area contributed by atoms with Crippen molar-refractivity contribution >= 4 is 27.3 Å².